The first kappa shape index (κ1) is 12.1. The van der Waals surface area contributed by atoms with Crippen LogP contribution in [0.25, 0.3) is 11.3 Å². The molecule has 1 aromatic heterocycles. The maximum Gasteiger partial charge on any atom is 0.208 e. The number of hydrogen-bond donors (Lipinski definition) is 1. The lowest BCUT2D eigenvalue weighted by atomic mass is 10.2. The molecule has 0 saturated heterocycles. The molecule has 0 saturated carbocycles. The minimum absolute atomic E-state index is 0.417. The Morgan fingerprint density at radius 1 is 1.29 bits per heavy atom. The molecular formula is C13H15ClN2O. The van der Waals surface area contributed by atoms with Crippen molar-refractivity contribution in [2.24, 2.45) is 0 Å². The standard InChI is InChI=1S/C13H15ClN2O/c1-9(2)15-8-13-16-7-12(17-13)10-3-5-11(14)6-4-10/h3-7,9,15H,8H2,1-2H3. The summed E-state index contributed by atoms with van der Waals surface area (Å²) < 4.78 is 5.64. The zero-order chi connectivity index (χ0) is 12.3. The number of nitrogens with zero attached hydrogens (tertiary/aromatic N) is 1. The second kappa shape index (κ2) is 5.34. The van der Waals surface area contributed by atoms with E-state index in [9.17, 15) is 0 Å². The monoisotopic (exact) mass is 250 g/mol. The first-order valence-corrected chi connectivity index (χ1v) is 5.97. The number of rotatable bonds is 4. The number of benzene rings is 1. The van der Waals surface area contributed by atoms with Crippen LogP contribution in [0, 0.1) is 0 Å². The Morgan fingerprint density at radius 3 is 2.65 bits per heavy atom. The summed E-state index contributed by atoms with van der Waals surface area (Å²) in [6, 6.07) is 7.93. The van der Waals surface area contributed by atoms with Crippen molar-refractivity contribution in [2.45, 2.75) is 26.4 Å². The van der Waals surface area contributed by atoms with Crippen LogP contribution in [0.5, 0.6) is 0 Å². The van der Waals surface area contributed by atoms with Crippen molar-refractivity contribution in [1.29, 1.82) is 0 Å². The lowest BCUT2D eigenvalue weighted by molar-refractivity contribution is 0.459. The van der Waals surface area contributed by atoms with Crippen LogP contribution >= 0.6 is 11.6 Å². The predicted molar refractivity (Wildman–Crippen MR) is 68.9 cm³/mol. The summed E-state index contributed by atoms with van der Waals surface area (Å²) in [7, 11) is 0. The lowest BCUT2D eigenvalue weighted by Crippen LogP contribution is -2.21. The highest BCUT2D eigenvalue weighted by molar-refractivity contribution is 6.30. The molecule has 0 radical (unpaired) electrons. The van der Waals surface area contributed by atoms with E-state index in [-0.39, 0.29) is 0 Å². The average Bonchev–Trinajstić information content (AvgIpc) is 2.76. The second-order valence-corrected chi connectivity index (χ2v) is 4.60. The van der Waals surface area contributed by atoms with Crippen molar-refractivity contribution in [3.05, 3.63) is 41.4 Å². The Hall–Kier alpha value is -1.32. The van der Waals surface area contributed by atoms with Crippen molar-refractivity contribution in [3.63, 3.8) is 0 Å². The maximum absolute atomic E-state index is 5.83. The largest absolute Gasteiger partial charge is 0.439 e. The van der Waals surface area contributed by atoms with Gasteiger partial charge in [0.15, 0.2) is 5.76 Å². The van der Waals surface area contributed by atoms with Gasteiger partial charge in [-0.25, -0.2) is 4.98 Å². The van der Waals surface area contributed by atoms with Crippen LogP contribution < -0.4 is 5.32 Å². The molecule has 0 amide bonds. The molecule has 0 fully saturated rings. The molecule has 2 aromatic rings. The molecule has 3 nitrogen and oxygen atoms in total. The minimum atomic E-state index is 0.417. The molecule has 90 valence electrons. The minimum Gasteiger partial charge on any atom is -0.439 e. The van der Waals surface area contributed by atoms with E-state index in [4.69, 9.17) is 16.0 Å². The fraction of sp³-hybridized carbons (Fsp3) is 0.308. The molecule has 4 heteroatoms. The van der Waals surface area contributed by atoms with Crippen LogP contribution in [-0.2, 0) is 6.54 Å². The fourth-order valence-corrected chi connectivity index (χ4v) is 1.56. The van der Waals surface area contributed by atoms with E-state index in [2.05, 4.69) is 24.1 Å². The summed E-state index contributed by atoms with van der Waals surface area (Å²) in [6.07, 6.45) is 1.74. The summed E-state index contributed by atoms with van der Waals surface area (Å²) >= 11 is 5.83. The van der Waals surface area contributed by atoms with Crippen LogP contribution in [0.2, 0.25) is 5.02 Å². The highest BCUT2D eigenvalue weighted by Crippen LogP contribution is 2.22. The molecule has 2 rings (SSSR count). The Kier molecular flexibility index (Phi) is 3.82. The summed E-state index contributed by atoms with van der Waals surface area (Å²) in [6.45, 7) is 4.82. The third-order valence-corrected chi connectivity index (χ3v) is 2.60. The van der Waals surface area contributed by atoms with Gasteiger partial charge in [-0.2, -0.15) is 0 Å². The van der Waals surface area contributed by atoms with Crippen LogP contribution in [0.15, 0.2) is 34.9 Å². The van der Waals surface area contributed by atoms with E-state index in [1.165, 1.54) is 0 Å². The van der Waals surface area contributed by atoms with E-state index >= 15 is 0 Å². The smallest absolute Gasteiger partial charge is 0.208 e. The number of oxazole rings is 1. The van der Waals surface area contributed by atoms with E-state index in [0.717, 1.165) is 16.3 Å². The predicted octanol–water partition coefficient (Wildman–Crippen LogP) is 3.49. The molecular weight excluding hydrogens is 236 g/mol. The van der Waals surface area contributed by atoms with Gasteiger partial charge in [0.1, 0.15) is 0 Å². The Bertz CT molecular complexity index is 476. The number of halogens is 1. The van der Waals surface area contributed by atoms with Gasteiger partial charge >= 0.3 is 0 Å². The molecule has 0 atom stereocenters. The summed E-state index contributed by atoms with van der Waals surface area (Å²) in [4.78, 5) is 4.22. The van der Waals surface area contributed by atoms with Crippen LogP contribution in [-0.4, -0.2) is 11.0 Å². The van der Waals surface area contributed by atoms with Gasteiger partial charge in [0.05, 0.1) is 12.7 Å². The molecule has 0 spiro atoms. The topological polar surface area (TPSA) is 38.1 Å². The molecule has 17 heavy (non-hydrogen) atoms. The summed E-state index contributed by atoms with van der Waals surface area (Å²) in [5.41, 5.74) is 0.984. The molecule has 0 aliphatic heterocycles. The summed E-state index contributed by atoms with van der Waals surface area (Å²) in [5, 5.41) is 3.98. The zero-order valence-corrected chi connectivity index (χ0v) is 10.7. The van der Waals surface area contributed by atoms with Crippen molar-refractivity contribution in [2.75, 3.05) is 0 Å². The van der Waals surface area contributed by atoms with Crippen molar-refractivity contribution < 1.29 is 4.42 Å². The van der Waals surface area contributed by atoms with Gasteiger partial charge in [0.2, 0.25) is 5.89 Å². The highest BCUT2D eigenvalue weighted by Gasteiger charge is 2.06. The first-order chi connectivity index (χ1) is 8.15. The van der Waals surface area contributed by atoms with Crippen LogP contribution in [0.4, 0.5) is 0 Å². The second-order valence-electron chi connectivity index (χ2n) is 4.16. The molecule has 1 N–H and O–H groups in total. The zero-order valence-electron chi connectivity index (χ0n) is 9.90. The Balaban J connectivity index is 2.10. The summed E-state index contributed by atoms with van der Waals surface area (Å²) in [5.74, 6) is 1.46. The number of aromatic nitrogens is 1. The molecule has 0 aliphatic carbocycles. The van der Waals surface area contributed by atoms with Crippen molar-refractivity contribution in [3.8, 4) is 11.3 Å². The number of hydrogen-bond acceptors (Lipinski definition) is 3. The Morgan fingerprint density at radius 2 is 2.00 bits per heavy atom. The van der Waals surface area contributed by atoms with E-state index < -0.39 is 0 Å². The molecule has 0 bridgehead atoms. The van der Waals surface area contributed by atoms with Crippen LogP contribution in [0.1, 0.15) is 19.7 Å². The van der Waals surface area contributed by atoms with Gasteiger partial charge < -0.3 is 9.73 Å². The molecule has 0 aliphatic rings. The fourth-order valence-electron chi connectivity index (χ4n) is 1.43. The molecule has 0 unspecified atom stereocenters. The van der Waals surface area contributed by atoms with Crippen molar-refractivity contribution in [1.82, 2.24) is 10.3 Å². The SMILES string of the molecule is CC(C)NCc1ncc(-c2ccc(Cl)cc2)o1. The van der Waals surface area contributed by atoms with E-state index in [1.54, 1.807) is 6.20 Å². The van der Waals surface area contributed by atoms with Gasteiger partial charge in [0, 0.05) is 16.6 Å². The normalized spacial score (nSPS) is 11.1. The van der Waals surface area contributed by atoms with Gasteiger partial charge in [-0.1, -0.05) is 25.4 Å². The maximum atomic E-state index is 5.83. The van der Waals surface area contributed by atoms with Crippen LogP contribution in [0.3, 0.4) is 0 Å². The first-order valence-electron chi connectivity index (χ1n) is 5.59. The quantitative estimate of drug-likeness (QED) is 0.903. The third kappa shape index (κ3) is 3.32. The third-order valence-electron chi connectivity index (χ3n) is 2.34. The van der Waals surface area contributed by atoms with E-state index in [1.807, 2.05) is 24.3 Å². The van der Waals surface area contributed by atoms with Gasteiger partial charge in [-0.15, -0.1) is 0 Å². The number of nitrogens with one attached hydrogen (secondary N) is 1. The van der Waals surface area contributed by atoms with Gasteiger partial charge in [0.25, 0.3) is 0 Å². The Labute approximate surface area is 106 Å². The molecule has 1 aromatic carbocycles. The molecule has 1 heterocycles. The average molecular weight is 251 g/mol. The van der Waals surface area contributed by atoms with Gasteiger partial charge in [-0.05, 0) is 24.3 Å². The highest BCUT2D eigenvalue weighted by atomic mass is 35.5. The van der Waals surface area contributed by atoms with Crippen molar-refractivity contribution >= 4 is 11.6 Å². The lowest BCUT2D eigenvalue weighted by Gasteiger charge is -2.04. The van der Waals surface area contributed by atoms with Gasteiger partial charge in [-0.3, -0.25) is 0 Å². The van der Waals surface area contributed by atoms with E-state index in [0.29, 0.717) is 18.5 Å².